The van der Waals surface area contributed by atoms with Crippen molar-refractivity contribution < 1.29 is 9.18 Å². The summed E-state index contributed by atoms with van der Waals surface area (Å²) in [6, 6.07) is 8.11. The Morgan fingerprint density at radius 3 is 2.83 bits per heavy atom. The van der Waals surface area contributed by atoms with E-state index in [2.05, 4.69) is 21.9 Å². The Morgan fingerprint density at radius 1 is 1.24 bits per heavy atom. The Bertz CT molecular complexity index is 960. The normalized spacial score (nSPS) is 25.3. The molecule has 7 heteroatoms. The largest absolute Gasteiger partial charge is 0.332 e. The molecule has 0 unspecified atom stereocenters. The highest BCUT2D eigenvalue weighted by molar-refractivity contribution is 5.92. The third-order valence-corrected chi connectivity index (χ3v) is 6.23. The van der Waals surface area contributed by atoms with E-state index >= 15 is 0 Å². The minimum Gasteiger partial charge on any atom is -0.332 e. The molecule has 29 heavy (non-hydrogen) atoms. The fraction of sp³-hybridized carbons (Fsp3) is 0.500. The van der Waals surface area contributed by atoms with Crippen LogP contribution in [0.2, 0.25) is 0 Å². The van der Waals surface area contributed by atoms with Gasteiger partial charge in [-0.3, -0.25) is 9.59 Å². The highest BCUT2D eigenvalue weighted by Gasteiger charge is 2.46. The molecule has 0 spiro atoms. The van der Waals surface area contributed by atoms with E-state index in [9.17, 15) is 14.0 Å². The van der Waals surface area contributed by atoms with Gasteiger partial charge < -0.3 is 14.8 Å². The molecule has 2 saturated heterocycles. The van der Waals surface area contributed by atoms with Crippen molar-refractivity contribution in [2.75, 3.05) is 20.1 Å². The summed E-state index contributed by atoms with van der Waals surface area (Å²) in [5, 5.41) is 0. The van der Waals surface area contributed by atoms with Gasteiger partial charge in [-0.1, -0.05) is 25.0 Å². The van der Waals surface area contributed by atoms with Crippen molar-refractivity contribution in [3.63, 3.8) is 0 Å². The van der Waals surface area contributed by atoms with Crippen molar-refractivity contribution in [2.45, 2.75) is 50.6 Å². The second-order valence-electron chi connectivity index (χ2n) is 8.22. The summed E-state index contributed by atoms with van der Waals surface area (Å²) in [5.41, 5.74) is 0.769. The standard InChI is InChI=1S/C22H27FN4O2/c1-14-24-18(12-20(28)25-14)22(29)27-10-5-3-4-9-19-21(27)17(13-26(19)2)15-7-6-8-16(23)11-15/h6-8,11-12,17,19,21H,3-5,9-10,13H2,1-2H3,(H,24,25,28)/t17-,19+,21-/m0/s1. The summed E-state index contributed by atoms with van der Waals surface area (Å²) in [4.78, 5) is 36.5. The fourth-order valence-electron chi connectivity index (χ4n) is 4.97. The first-order valence-corrected chi connectivity index (χ1v) is 10.3. The minimum absolute atomic E-state index is 0.0193. The smallest absolute Gasteiger partial charge is 0.273 e. The number of hydrogen-bond donors (Lipinski definition) is 1. The average Bonchev–Trinajstić information content (AvgIpc) is 2.96. The molecule has 0 radical (unpaired) electrons. The van der Waals surface area contributed by atoms with Crippen molar-refractivity contribution in [1.29, 1.82) is 0 Å². The van der Waals surface area contributed by atoms with Crippen LogP contribution in [0, 0.1) is 12.7 Å². The molecule has 0 saturated carbocycles. The molecule has 1 N–H and O–H groups in total. The van der Waals surface area contributed by atoms with Gasteiger partial charge in [-0.25, -0.2) is 9.37 Å². The van der Waals surface area contributed by atoms with Crippen molar-refractivity contribution in [2.24, 2.45) is 0 Å². The Morgan fingerprint density at radius 2 is 2.07 bits per heavy atom. The number of aromatic nitrogens is 2. The molecule has 154 valence electrons. The topological polar surface area (TPSA) is 69.3 Å². The number of carbonyl (C=O) groups excluding carboxylic acids is 1. The number of amides is 1. The van der Waals surface area contributed by atoms with Crippen LogP contribution in [0.1, 0.15) is 53.5 Å². The summed E-state index contributed by atoms with van der Waals surface area (Å²) in [6.45, 7) is 3.06. The highest BCUT2D eigenvalue weighted by atomic mass is 19.1. The van der Waals surface area contributed by atoms with Crippen LogP contribution in [0.5, 0.6) is 0 Å². The van der Waals surface area contributed by atoms with E-state index in [1.165, 1.54) is 12.1 Å². The summed E-state index contributed by atoms with van der Waals surface area (Å²) < 4.78 is 14.0. The van der Waals surface area contributed by atoms with Gasteiger partial charge in [-0.05, 0) is 44.5 Å². The number of hydrogen-bond acceptors (Lipinski definition) is 4. The lowest BCUT2D eigenvalue weighted by Gasteiger charge is -2.38. The summed E-state index contributed by atoms with van der Waals surface area (Å²) >= 11 is 0. The molecule has 2 aliphatic rings. The predicted molar refractivity (Wildman–Crippen MR) is 108 cm³/mol. The second-order valence-corrected chi connectivity index (χ2v) is 8.22. The Labute approximate surface area is 169 Å². The van der Waals surface area contributed by atoms with Crippen molar-refractivity contribution >= 4 is 5.91 Å². The number of carbonyl (C=O) groups is 1. The first-order valence-electron chi connectivity index (χ1n) is 10.3. The number of aromatic amines is 1. The van der Waals surface area contributed by atoms with Gasteiger partial charge in [0.15, 0.2) is 0 Å². The Kier molecular flexibility index (Phi) is 5.50. The maximum Gasteiger partial charge on any atom is 0.273 e. The zero-order valence-electron chi connectivity index (χ0n) is 16.9. The number of likely N-dealkylation sites (N-methyl/N-ethyl adjacent to an activating group) is 1. The van der Waals surface area contributed by atoms with Gasteiger partial charge in [-0.15, -0.1) is 0 Å². The summed E-state index contributed by atoms with van der Waals surface area (Å²) in [5.74, 6) is -0.0301. The maximum atomic E-state index is 14.0. The van der Waals surface area contributed by atoms with Gasteiger partial charge >= 0.3 is 0 Å². The third kappa shape index (κ3) is 3.96. The lowest BCUT2D eigenvalue weighted by molar-refractivity contribution is 0.0580. The summed E-state index contributed by atoms with van der Waals surface area (Å²) in [7, 11) is 2.08. The molecule has 4 rings (SSSR count). The number of benzene rings is 1. The van der Waals surface area contributed by atoms with Gasteiger partial charge in [0.1, 0.15) is 17.3 Å². The molecule has 1 amide bonds. The number of nitrogens with zero attached hydrogens (tertiary/aromatic N) is 3. The molecular weight excluding hydrogens is 371 g/mol. The molecule has 2 fully saturated rings. The van der Waals surface area contributed by atoms with E-state index in [4.69, 9.17) is 0 Å². The van der Waals surface area contributed by atoms with Crippen LogP contribution in [-0.2, 0) is 0 Å². The Hall–Kier alpha value is -2.54. The minimum atomic E-state index is -0.324. The third-order valence-electron chi connectivity index (χ3n) is 6.23. The average molecular weight is 398 g/mol. The molecule has 0 bridgehead atoms. The monoisotopic (exact) mass is 398 g/mol. The van der Waals surface area contributed by atoms with Crippen LogP contribution in [0.25, 0.3) is 0 Å². The zero-order valence-corrected chi connectivity index (χ0v) is 16.9. The number of H-pyrrole nitrogens is 1. The van der Waals surface area contributed by atoms with Gasteiger partial charge in [0.05, 0.1) is 6.04 Å². The highest BCUT2D eigenvalue weighted by Crippen LogP contribution is 2.38. The van der Waals surface area contributed by atoms with Crippen LogP contribution < -0.4 is 5.56 Å². The van der Waals surface area contributed by atoms with Crippen molar-refractivity contribution in [3.8, 4) is 0 Å². The molecule has 1 aromatic heterocycles. The second kappa shape index (κ2) is 8.06. The number of nitrogens with one attached hydrogen (secondary N) is 1. The number of likely N-dealkylation sites (tertiary alicyclic amines) is 2. The van der Waals surface area contributed by atoms with Crippen molar-refractivity contribution in [1.82, 2.24) is 19.8 Å². The Balaban J connectivity index is 1.75. The van der Waals surface area contributed by atoms with Gasteiger partial charge in [-0.2, -0.15) is 0 Å². The molecule has 3 heterocycles. The molecular formula is C22H27FN4O2. The van der Waals surface area contributed by atoms with Crippen LogP contribution in [0.4, 0.5) is 4.39 Å². The molecule has 2 aromatic rings. The first kappa shape index (κ1) is 19.8. The van der Waals surface area contributed by atoms with Gasteiger partial charge in [0, 0.05) is 31.1 Å². The van der Waals surface area contributed by atoms with E-state index in [0.29, 0.717) is 12.4 Å². The van der Waals surface area contributed by atoms with E-state index in [-0.39, 0.29) is 41.0 Å². The van der Waals surface area contributed by atoms with Gasteiger partial charge in [0.25, 0.3) is 11.5 Å². The number of aryl methyl sites for hydroxylation is 1. The number of rotatable bonds is 2. The SMILES string of the molecule is Cc1nc(C(=O)N2CCCCC[C@@H]3[C@@H]2[C@H](c2cccc(F)c2)CN3C)cc(=O)[nH]1. The number of fused-ring (bicyclic) bond motifs is 1. The predicted octanol–water partition coefficient (Wildman–Crippen LogP) is 2.70. The molecule has 1 aromatic carbocycles. The van der Waals surface area contributed by atoms with Gasteiger partial charge in [0.2, 0.25) is 0 Å². The maximum absolute atomic E-state index is 14.0. The van der Waals surface area contributed by atoms with E-state index in [1.807, 2.05) is 11.0 Å². The number of halogens is 1. The lowest BCUT2D eigenvalue weighted by atomic mass is 9.86. The van der Waals surface area contributed by atoms with E-state index in [1.54, 1.807) is 19.1 Å². The molecule has 6 nitrogen and oxygen atoms in total. The van der Waals surface area contributed by atoms with Crippen LogP contribution in [0.3, 0.4) is 0 Å². The van der Waals surface area contributed by atoms with Crippen molar-refractivity contribution in [3.05, 3.63) is 63.6 Å². The van der Waals surface area contributed by atoms with E-state index in [0.717, 1.165) is 37.8 Å². The molecule has 3 atom stereocenters. The first-order chi connectivity index (χ1) is 13.9. The molecule has 0 aliphatic carbocycles. The fourth-order valence-corrected chi connectivity index (χ4v) is 4.97. The van der Waals surface area contributed by atoms with E-state index < -0.39 is 0 Å². The van der Waals surface area contributed by atoms with Crippen LogP contribution in [0.15, 0.2) is 35.1 Å². The summed E-state index contributed by atoms with van der Waals surface area (Å²) in [6.07, 6.45) is 4.09. The lowest BCUT2D eigenvalue weighted by Crippen LogP contribution is -2.50. The molecule has 2 aliphatic heterocycles. The quantitative estimate of drug-likeness (QED) is 0.845. The van der Waals surface area contributed by atoms with Crippen LogP contribution >= 0.6 is 0 Å². The zero-order chi connectivity index (χ0) is 20.5. The van der Waals surface area contributed by atoms with Crippen LogP contribution in [-0.4, -0.2) is 57.9 Å².